The van der Waals surface area contributed by atoms with Gasteiger partial charge in [-0.05, 0) is 105 Å². The van der Waals surface area contributed by atoms with Gasteiger partial charge in [0.15, 0.2) is 17.5 Å². The fraction of sp³-hybridized carbons (Fsp3) is 0. The third kappa shape index (κ3) is 6.22. The van der Waals surface area contributed by atoms with Crippen molar-refractivity contribution in [3.05, 3.63) is 237 Å². The predicted molar refractivity (Wildman–Crippen MR) is 298 cm³/mol. The van der Waals surface area contributed by atoms with E-state index in [1.54, 1.807) is 0 Å². The first-order valence-corrected chi connectivity index (χ1v) is 24.8. The van der Waals surface area contributed by atoms with Crippen molar-refractivity contribution in [2.24, 2.45) is 0 Å². The van der Waals surface area contributed by atoms with Gasteiger partial charge in [0.05, 0.1) is 22.1 Å². The van der Waals surface area contributed by atoms with Crippen molar-refractivity contribution >= 4 is 96.7 Å². The molecule has 0 atom stereocenters. The molecule has 15 aromatic rings. The standard InChI is InChI=1S/C65H39N5S/c1-3-17-40(18-4-1)63-66-64(44-31-33-50-48-25-11-14-28-55(48)69(57(50)37-44)45-22-5-2-6-23-45)68-65(67-63)51-34-32-46(70-56-29-15-12-26-49(56)53-35-41-19-7-8-20-42(41)36-58(53)70)39-54(51)61-47-24-10-9-21-43(47)38-60-62(61)52-27-13-16-30-59(52)71-60/h1-39H. The largest absolute Gasteiger partial charge is 0.309 e. The third-order valence-electron chi connectivity index (χ3n) is 14.3. The molecule has 0 aliphatic carbocycles. The van der Waals surface area contributed by atoms with Gasteiger partial charge in [-0.2, -0.15) is 0 Å². The summed E-state index contributed by atoms with van der Waals surface area (Å²) in [5.41, 5.74) is 11.7. The van der Waals surface area contributed by atoms with Crippen molar-refractivity contribution in [1.29, 1.82) is 0 Å². The first-order chi connectivity index (χ1) is 35.2. The van der Waals surface area contributed by atoms with Crippen LogP contribution in [0.1, 0.15) is 0 Å². The molecule has 5 nitrogen and oxygen atoms in total. The molecule has 0 saturated carbocycles. The molecule has 0 spiro atoms. The molecule has 71 heavy (non-hydrogen) atoms. The van der Waals surface area contributed by atoms with Gasteiger partial charge >= 0.3 is 0 Å². The van der Waals surface area contributed by atoms with Crippen LogP contribution in [0.4, 0.5) is 0 Å². The highest BCUT2D eigenvalue weighted by molar-refractivity contribution is 7.26. The molecule has 0 aliphatic rings. The molecule has 4 heterocycles. The molecular formula is C65H39N5S. The molecule has 0 aliphatic heterocycles. The maximum absolute atomic E-state index is 5.55. The van der Waals surface area contributed by atoms with E-state index >= 15 is 0 Å². The highest BCUT2D eigenvalue weighted by Crippen LogP contribution is 2.48. The molecule has 0 saturated heterocycles. The second-order valence-electron chi connectivity index (χ2n) is 18.3. The van der Waals surface area contributed by atoms with Gasteiger partial charge in [0.2, 0.25) is 0 Å². The molecule has 0 fully saturated rings. The van der Waals surface area contributed by atoms with Crippen LogP contribution < -0.4 is 0 Å². The fourth-order valence-electron chi connectivity index (χ4n) is 11.1. The summed E-state index contributed by atoms with van der Waals surface area (Å²) in [6.45, 7) is 0. The Labute approximate surface area is 411 Å². The summed E-state index contributed by atoms with van der Waals surface area (Å²) in [4.78, 5) is 16.3. The van der Waals surface area contributed by atoms with Crippen molar-refractivity contribution < 1.29 is 0 Å². The van der Waals surface area contributed by atoms with Crippen LogP contribution in [0.5, 0.6) is 0 Å². The Morgan fingerprint density at radius 3 is 1.63 bits per heavy atom. The molecule has 0 unspecified atom stereocenters. The van der Waals surface area contributed by atoms with Gasteiger partial charge in [0.1, 0.15) is 0 Å². The lowest BCUT2D eigenvalue weighted by atomic mass is 9.90. The Hall–Kier alpha value is -9.23. The van der Waals surface area contributed by atoms with E-state index in [1.165, 1.54) is 63.3 Å². The number of hydrogen-bond acceptors (Lipinski definition) is 4. The van der Waals surface area contributed by atoms with E-state index in [2.05, 4.69) is 228 Å². The van der Waals surface area contributed by atoms with Crippen LogP contribution in [0.3, 0.4) is 0 Å². The van der Waals surface area contributed by atoms with Gasteiger partial charge in [-0.25, -0.2) is 15.0 Å². The quantitative estimate of drug-likeness (QED) is 0.167. The van der Waals surface area contributed by atoms with E-state index in [0.29, 0.717) is 17.5 Å². The van der Waals surface area contributed by atoms with Gasteiger partial charge in [-0.15, -0.1) is 11.3 Å². The lowest BCUT2D eigenvalue weighted by Crippen LogP contribution is -2.03. The molecule has 0 amide bonds. The maximum atomic E-state index is 5.55. The van der Waals surface area contributed by atoms with Crippen LogP contribution in [0.2, 0.25) is 0 Å². The summed E-state index contributed by atoms with van der Waals surface area (Å²) >= 11 is 1.85. The highest BCUT2D eigenvalue weighted by atomic mass is 32.1. The third-order valence-corrected chi connectivity index (χ3v) is 15.4. The fourth-order valence-corrected chi connectivity index (χ4v) is 12.3. The number of thiophene rings is 1. The zero-order chi connectivity index (χ0) is 46.6. The van der Waals surface area contributed by atoms with Crippen molar-refractivity contribution in [2.75, 3.05) is 0 Å². The Balaban J connectivity index is 1.04. The first kappa shape index (κ1) is 39.7. The molecule has 6 heteroatoms. The molecular weight excluding hydrogens is 883 g/mol. The van der Waals surface area contributed by atoms with Crippen molar-refractivity contribution in [2.45, 2.75) is 0 Å². The minimum atomic E-state index is 0.605. The van der Waals surface area contributed by atoms with Gasteiger partial charge < -0.3 is 9.13 Å². The van der Waals surface area contributed by atoms with Crippen LogP contribution >= 0.6 is 11.3 Å². The summed E-state index contributed by atoms with van der Waals surface area (Å²) in [5.74, 6) is 1.82. The number of nitrogens with zero attached hydrogens (tertiary/aromatic N) is 5. The Kier molecular flexibility index (Phi) is 8.76. The SMILES string of the molecule is c1ccc(-c2nc(-c3ccc4c5ccccc5n(-c5ccccc5)c4c3)nc(-c3ccc(-n4c5ccccc5c5cc6ccccc6cc54)cc3-c3c4ccccc4cc4sc5ccccc5c34)n2)cc1. The lowest BCUT2D eigenvalue weighted by Gasteiger charge is -2.18. The zero-order valence-corrected chi connectivity index (χ0v) is 39.0. The second-order valence-corrected chi connectivity index (χ2v) is 19.4. The summed E-state index contributed by atoms with van der Waals surface area (Å²) in [7, 11) is 0. The zero-order valence-electron chi connectivity index (χ0n) is 38.2. The summed E-state index contributed by atoms with van der Waals surface area (Å²) < 4.78 is 7.28. The van der Waals surface area contributed by atoms with Gasteiger partial charge in [-0.1, -0.05) is 164 Å². The number of aromatic nitrogens is 5. The normalized spacial score (nSPS) is 11.9. The first-order valence-electron chi connectivity index (χ1n) is 24.0. The Morgan fingerprint density at radius 1 is 0.296 bits per heavy atom. The number of rotatable bonds is 6. The average Bonchev–Trinajstić information content (AvgIpc) is 4.09. The number of hydrogen-bond donors (Lipinski definition) is 0. The van der Waals surface area contributed by atoms with Crippen molar-refractivity contribution in [1.82, 2.24) is 24.1 Å². The van der Waals surface area contributed by atoms with E-state index in [9.17, 15) is 0 Å². The Bertz CT molecular complexity index is 4640. The molecule has 0 N–H and O–H groups in total. The Morgan fingerprint density at radius 2 is 0.859 bits per heavy atom. The van der Waals surface area contributed by atoms with Gasteiger partial charge in [-0.3, -0.25) is 0 Å². The maximum Gasteiger partial charge on any atom is 0.164 e. The lowest BCUT2D eigenvalue weighted by molar-refractivity contribution is 1.07. The second kappa shape index (κ2) is 15.7. The van der Waals surface area contributed by atoms with E-state index < -0.39 is 0 Å². The minimum Gasteiger partial charge on any atom is -0.309 e. The number of fused-ring (bicyclic) bond motifs is 11. The minimum absolute atomic E-state index is 0.605. The molecule has 0 bridgehead atoms. The number of benzene rings is 11. The van der Waals surface area contributed by atoms with E-state index in [0.717, 1.165) is 61.3 Å². The molecule has 4 aromatic heterocycles. The van der Waals surface area contributed by atoms with E-state index in [4.69, 9.17) is 15.0 Å². The van der Waals surface area contributed by atoms with E-state index in [1.807, 2.05) is 29.5 Å². The van der Waals surface area contributed by atoms with Crippen LogP contribution in [0.25, 0.3) is 142 Å². The summed E-state index contributed by atoms with van der Waals surface area (Å²) in [5, 5.41) is 12.1. The van der Waals surface area contributed by atoms with Gasteiger partial charge in [0.25, 0.3) is 0 Å². The highest BCUT2D eigenvalue weighted by Gasteiger charge is 2.24. The van der Waals surface area contributed by atoms with Crippen LogP contribution in [-0.4, -0.2) is 24.1 Å². The molecule has 0 radical (unpaired) electrons. The summed E-state index contributed by atoms with van der Waals surface area (Å²) in [6.07, 6.45) is 0. The van der Waals surface area contributed by atoms with Crippen LogP contribution in [0, 0.1) is 0 Å². The number of para-hydroxylation sites is 3. The molecule has 15 rings (SSSR count). The van der Waals surface area contributed by atoms with Crippen molar-refractivity contribution in [3.8, 4) is 56.7 Å². The van der Waals surface area contributed by atoms with Crippen LogP contribution in [0.15, 0.2) is 237 Å². The monoisotopic (exact) mass is 921 g/mol. The molecule has 330 valence electrons. The molecule has 11 aromatic carbocycles. The van der Waals surface area contributed by atoms with E-state index in [-0.39, 0.29) is 0 Å². The summed E-state index contributed by atoms with van der Waals surface area (Å²) in [6, 6.07) is 85.2. The van der Waals surface area contributed by atoms with Crippen LogP contribution in [-0.2, 0) is 0 Å². The average molecular weight is 922 g/mol. The van der Waals surface area contributed by atoms with Crippen molar-refractivity contribution in [3.63, 3.8) is 0 Å². The van der Waals surface area contributed by atoms with Gasteiger partial charge in [0, 0.05) is 69.8 Å². The predicted octanol–water partition coefficient (Wildman–Crippen LogP) is 17.4. The smallest absolute Gasteiger partial charge is 0.164 e. The topological polar surface area (TPSA) is 48.5 Å².